The Bertz CT molecular complexity index is 845. The van der Waals surface area contributed by atoms with Crippen molar-refractivity contribution in [1.29, 1.82) is 0 Å². The first-order chi connectivity index (χ1) is 13.5. The molecule has 7 heteroatoms. The third-order valence-corrected chi connectivity index (χ3v) is 5.11. The molecule has 1 aliphatic rings. The van der Waals surface area contributed by atoms with E-state index in [0.717, 1.165) is 0 Å². The summed E-state index contributed by atoms with van der Waals surface area (Å²) in [5, 5.41) is 12.7. The van der Waals surface area contributed by atoms with Crippen molar-refractivity contribution in [1.82, 2.24) is 15.2 Å². The van der Waals surface area contributed by atoms with E-state index in [0.29, 0.717) is 24.2 Å². The van der Waals surface area contributed by atoms with Crippen molar-refractivity contribution in [3.8, 4) is 17.0 Å². The third kappa shape index (κ3) is 4.00. The normalized spacial score (nSPS) is 20.8. The molecule has 1 aliphatic heterocycles. The smallest absolute Gasteiger partial charge is 0.259 e. The van der Waals surface area contributed by atoms with Gasteiger partial charge < -0.3 is 20.1 Å². The van der Waals surface area contributed by atoms with Gasteiger partial charge in [-0.15, -0.1) is 0 Å². The Morgan fingerprint density at radius 2 is 2.14 bits per heavy atom. The second-order valence-electron chi connectivity index (χ2n) is 7.24. The van der Waals surface area contributed by atoms with Crippen LogP contribution in [0, 0.1) is 11.7 Å². The number of aliphatic hydroxyl groups is 1. The van der Waals surface area contributed by atoms with Crippen LogP contribution in [0.25, 0.3) is 11.1 Å². The lowest BCUT2D eigenvalue weighted by Crippen LogP contribution is -2.49. The van der Waals surface area contributed by atoms with Crippen LogP contribution in [0.4, 0.5) is 4.39 Å². The van der Waals surface area contributed by atoms with Crippen LogP contribution in [0.1, 0.15) is 24.2 Å². The van der Waals surface area contributed by atoms with Crippen LogP contribution in [-0.2, 0) is 0 Å². The lowest BCUT2D eigenvalue weighted by Gasteiger charge is -2.36. The zero-order valence-electron chi connectivity index (χ0n) is 16.4. The maximum Gasteiger partial charge on any atom is 0.259 e. The molecule has 2 heterocycles. The average Bonchev–Trinajstić information content (AvgIpc) is 2.70. The van der Waals surface area contributed by atoms with E-state index in [1.54, 1.807) is 36.1 Å². The van der Waals surface area contributed by atoms with Crippen LogP contribution < -0.4 is 10.1 Å². The second-order valence-corrected chi connectivity index (χ2v) is 7.24. The highest BCUT2D eigenvalue weighted by Gasteiger charge is 2.33. The average molecular weight is 387 g/mol. The number of aliphatic hydroxyl groups excluding tert-OH is 1. The Kier molecular flexibility index (Phi) is 6.26. The van der Waals surface area contributed by atoms with Crippen molar-refractivity contribution in [3.63, 3.8) is 0 Å². The number of halogens is 1. The molecule has 0 radical (unpaired) electrons. The molecule has 0 saturated heterocycles. The number of hydrogen-bond donors (Lipinski definition) is 2. The first kappa shape index (κ1) is 20.2. The zero-order valence-corrected chi connectivity index (χ0v) is 16.4. The zero-order chi connectivity index (χ0) is 20.3. The maximum absolute atomic E-state index is 14.2. The first-order valence-corrected chi connectivity index (χ1v) is 9.44. The van der Waals surface area contributed by atoms with Crippen molar-refractivity contribution < 1.29 is 19.0 Å². The summed E-state index contributed by atoms with van der Waals surface area (Å²) in [5.74, 6) is -0.402. The summed E-state index contributed by atoms with van der Waals surface area (Å²) in [7, 11) is 1.84. The van der Waals surface area contributed by atoms with E-state index in [2.05, 4.69) is 10.3 Å². The number of carbonyl (C=O) groups excluding carboxylic acids is 1. The van der Waals surface area contributed by atoms with Crippen LogP contribution >= 0.6 is 0 Å². The van der Waals surface area contributed by atoms with E-state index in [1.807, 2.05) is 14.0 Å². The van der Waals surface area contributed by atoms with Crippen LogP contribution in [-0.4, -0.2) is 59.8 Å². The van der Waals surface area contributed by atoms with E-state index < -0.39 is 0 Å². The Morgan fingerprint density at radius 3 is 2.82 bits per heavy atom. The lowest BCUT2D eigenvalue weighted by molar-refractivity contribution is 0.0404. The summed E-state index contributed by atoms with van der Waals surface area (Å²) in [5.41, 5.74) is 1.15. The largest absolute Gasteiger partial charge is 0.472 e. The summed E-state index contributed by atoms with van der Waals surface area (Å²) in [6.45, 7) is 4.69. The highest BCUT2D eigenvalue weighted by atomic mass is 19.1. The molecule has 2 N–H and O–H groups in total. The van der Waals surface area contributed by atoms with E-state index in [9.17, 15) is 14.3 Å². The topological polar surface area (TPSA) is 74.7 Å². The van der Waals surface area contributed by atoms with Gasteiger partial charge in [0.2, 0.25) is 5.88 Å². The Hall–Kier alpha value is -2.51. The number of likely N-dealkylation sites (N-methyl/N-ethyl adjacent to an activating group) is 1. The molecule has 0 bridgehead atoms. The predicted molar refractivity (Wildman–Crippen MR) is 105 cm³/mol. The molecule has 3 rings (SSSR count). The lowest BCUT2D eigenvalue weighted by atomic mass is 9.99. The van der Waals surface area contributed by atoms with Gasteiger partial charge in [-0.05, 0) is 26.1 Å². The van der Waals surface area contributed by atoms with Crippen LogP contribution in [0.2, 0.25) is 0 Å². The van der Waals surface area contributed by atoms with E-state index in [4.69, 9.17) is 4.74 Å². The number of nitrogens with one attached hydrogen (secondary N) is 1. The van der Waals surface area contributed by atoms with Crippen molar-refractivity contribution in [2.24, 2.45) is 5.92 Å². The highest BCUT2D eigenvalue weighted by molar-refractivity contribution is 5.98. The number of nitrogens with zero attached hydrogens (tertiary/aromatic N) is 2. The molecular formula is C21H26FN3O3. The molecule has 1 amide bonds. The van der Waals surface area contributed by atoms with Crippen molar-refractivity contribution in [2.75, 3.05) is 26.7 Å². The number of amides is 1. The van der Waals surface area contributed by atoms with Gasteiger partial charge >= 0.3 is 0 Å². The summed E-state index contributed by atoms with van der Waals surface area (Å²) < 4.78 is 20.3. The van der Waals surface area contributed by atoms with Crippen molar-refractivity contribution >= 4 is 5.91 Å². The van der Waals surface area contributed by atoms with Crippen molar-refractivity contribution in [2.45, 2.75) is 26.0 Å². The highest BCUT2D eigenvalue weighted by Crippen LogP contribution is 2.30. The van der Waals surface area contributed by atoms with E-state index in [1.165, 1.54) is 12.3 Å². The van der Waals surface area contributed by atoms with Crippen LogP contribution in [0.3, 0.4) is 0 Å². The number of benzene rings is 1. The minimum Gasteiger partial charge on any atom is -0.472 e. The van der Waals surface area contributed by atoms with Crippen LogP contribution in [0.5, 0.6) is 5.88 Å². The van der Waals surface area contributed by atoms with Gasteiger partial charge in [0.25, 0.3) is 5.91 Å². The summed E-state index contributed by atoms with van der Waals surface area (Å²) in [6, 6.07) is 7.63. The Morgan fingerprint density at radius 1 is 1.39 bits per heavy atom. The number of rotatable bonds is 5. The molecule has 0 fully saturated rings. The molecule has 150 valence electrons. The number of ether oxygens (including phenoxy) is 1. The van der Waals surface area contributed by atoms with Gasteiger partial charge in [-0.25, -0.2) is 9.37 Å². The van der Waals surface area contributed by atoms with E-state index in [-0.39, 0.29) is 47.8 Å². The van der Waals surface area contributed by atoms with Gasteiger partial charge in [-0.1, -0.05) is 25.1 Å². The molecule has 28 heavy (non-hydrogen) atoms. The molecule has 0 unspecified atom stereocenters. The van der Waals surface area contributed by atoms with Gasteiger partial charge in [-0.3, -0.25) is 4.79 Å². The molecule has 6 nitrogen and oxygen atoms in total. The summed E-state index contributed by atoms with van der Waals surface area (Å²) in [4.78, 5) is 19.2. The van der Waals surface area contributed by atoms with Gasteiger partial charge in [0.1, 0.15) is 17.5 Å². The first-order valence-electron chi connectivity index (χ1n) is 9.44. The molecular weight excluding hydrogens is 361 g/mol. The third-order valence-electron chi connectivity index (χ3n) is 5.11. The SMILES string of the molecule is CNC[C@H]1Oc2ncc(-c3ccccc3F)cc2C(=O)N([C@@H](C)CO)C[C@H]1C. The number of aromatic nitrogens is 1. The van der Waals surface area contributed by atoms with Gasteiger partial charge in [0.15, 0.2) is 0 Å². The quantitative estimate of drug-likeness (QED) is 0.824. The number of fused-ring (bicyclic) bond motifs is 1. The fraction of sp³-hybridized carbons (Fsp3) is 0.429. The summed E-state index contributed by atoms with van der Waals surface area (Å²) >= 11 is 0. The Balaban J connectivity index is 2.09. The molecule has 0 spiro atoms. The molecule has 2 aromatic rings. The minimum absolute atomic E-state index is 0.0339. The molecule has 1 aromatic heterocycles. The molecule has 0 saturated carbocycles. The minimum atomic E-state index is -0.384. The second kappa shape index (κ2) is 8.67. The van der Waals surface area contributed by atoms with Gasteiger partial charge in [0, 0.05) is 36.3 Å². The predicted octanol–water partition coefficient (Wildman–Crippen LogP) is 2.33. The molecule has 0 aliphatic carbocycles. The fourth-order valence-corrected chi connectivity index (χ4v) is 3.39. The standard InChI is InChI=1S/C21H26FN3O3/c1-13-11-25(14(2)12-26)21(27)17-8-15(16-6-4-5-7-18(16)22)9-24-20(17)28-19(13)10-23-3/h4-9,13-14,19,23,26H,10-12H2,1-3H3/t13-,14+,19-/m1/s1. The number of hydrogen-bond acceptors (Lipinski definition) is 5. The fourth-order valence-electron chi connectivity index (χ4n) is 3.39. The summed E-state index contributed by atoms with van der Waals surface area (Å²) in [6.07, 6.45) is 1.32. The van der Waals surface area contributed by atoms with Gasteiger partial charge in [-0.2, -0.15) is 0 Å². The number of carbonyl (C=O) groups is 1. The molecule has 3 atom stereocenters. The van der Waals surface area contributed by atoms with Gasteiger partial charge in [0.05, 0.1) is 12.6 Å². The van der Waals surface area contributed by atoms with E-state index >= 15 is 0 Å². The number of pyridine rings is 1. The van der Waals surface area contributed by atoms with Crippen LogP contribution in [0.15, 0.2) is 36.5 Å². The molecule has 1 aromatic carbocycles. The maximum atomic E-state index is 14.2. The monoisotopic (exact) mass is 387 g/mol. The Labute approximate surface area is 164 Å². The van der Waals surface area contributed by atoms with Crippen molar-refractivity contribution in [3.05, 3.63) is 47.9 Å².